The molecule has 3 heterocycles. The van der Waals surface area contributed by atoms with Gasteiger partial charge in [-0.3, -0.25) is 9.48 Å². The van der Waals surface area contributed by atoms with E-state index in [-0.39, 0.29) is 5.91 Å². The SMILES string of the molecule is COc1nn(C)cc1C(=O)N1C2CCC1CC(SC)C2. The number of hydrogen-bond acceptors (Lipinski definition) is 4. The van der Waals surface area contributed by atoms with Crippen LogP contribution in [0.2, 0.25) is 0 Å². The molecule has 2 atom stereocenters. The number of nitrogens with zero attached hydrogens (tertiary/aromatic N) is 3. The molecule has 110 valence electrons. The summed E-state index contributed by atoms with van der Waals surface area (Å²) in [6, 6.07) is 0.784. The number of carbonyl (C=O) groups excluding carboxylic acids is 1. The second-order valence-corrected chi connectivity index (χ2v) is 6.79. The largest absolute Gasteiger partial charge is 0.479 e. The summed E-state index contributed by atoms with van der Waals surface area (Å²) in [5, 5.41) is 4.89. The average Bonchev–Trinajstić information content (AvgIpc) is 2.95. The summed E-state index contributed by atoms with van der Waals surface area (Å²) in [6.07, 6.45) is 8.44. The third-order valence-corrected chi connectivity index (χ3v) is 5.53. The number of piperidine rings is 1. The van der Waals surface area contributed by atoms with Gasteiger partial charge in [0, 0.05) is 30.6 Å². The summed E-state index contributed by atoms with van der Waals surface area (Å²) in [6.45, 7) is 0. The molecule has 2 saturated heterocycles. The zero-order valence-electron chi connectivity index (χ0n) is 12.2. The Balaban J connectivity index is 1.84. The highest BCUT2D eigenvalue weighted by Gasteiger charge is 2.44. The molecule has 0 radical (unpaired) electrons. The van der Waals surface area contributed by atoms with Crippen LogP contribution in [0.4, 0.5) is 0 Å². The van der Waals surface area contributed by atoms with E-state index in [1.54, 1.807) is 18.0 Å². The summed E-state index contributed by atoms with van der Waals surface area (Å²) < 4.78 is 6.87. The van der Waals surface area contributed by atoms with E-state index in [0.717, 1.165) is 25.7 Å². The van der Waals surface area contributed by atoms with Gasteiger partial charge in [-0.1, -0.05) is 0 Å². The first-order valence-electron chi connectivity index (χ1n) is 7.07. The molecule has 20 heavy (non-hydrogen) atoms. The minimum atomic E-state index is 0.0852. The number of rotatable bonds is 3. The number of amides is 1. The van der Waals surface area contributed by atoms with Crippen molar-refractivity contribution in [3.8, 4) is 5.88 Å². The van der Waals surface area contributed by atoms with Crippen molar-refractivity contribution >= 4 is 17.7 Å². The maximum Gasteiger partial charge on any atom is 0.261 e. The summed E-state index contributed by atoms with van der Waals surface area (Å²) in [5.74, 6) is 0.519. The summed E-state index contributed by atoms with van der Waals surface area (Å²) in [4.78, 5) is 14.9. The molecule has 0 N–H and O–H groups in total. The van der Waals surface area contributed by atoms with Gasteiger partial charge in [0.1, 0.15) is 5.56 Å². The summed E-state index contributed by atoms with van der Waals surface area (Å²) in [5.41, 5.74) is 0.592. The van der Waals surface area contributed by atoms with Crippen molar-refractivity contribution in [2.45, 2.75) is 43.0 Å². The molecular formula is C14H21N3O2S. The van der Waals surface area contributed by atoms with Crippen LogP contribution >= 0.6 is 11.8 Å². The smallest absolute Gasteiger partial charge is 0.261 e. The van der Waals surface area contributed by atoms with Crippen LogP contribution in [0.15, 0.2) is 6.20 Å². The summed E-state index contributed by atoms with van der Waals surface area (Å²) >= 11 is 1.94. The lowest BCUT2D eigenvalue weighted by Crippen LogP contribution is -2.47. The fourth-order valence-electron chi connectivity index (χ4n) is 3.56. The van der Waals surface area contributed by atoms with Crippen molar-refractivity contribution in [3.63, 3.8) is 0 Å². The Bertz CT molecular complexity index is 503. The number of carbonyl (C=O) groups is 1. The zero-order chi connectivity index (χ0) is 14.3. The first-order valence-corrected chi connectivity index (χ1v) is 8.36. The number of methoxy groups -OCH3 is 1. The Hall–Kier alpha value is -1.17. The monoisotopic (exact) mass is 295 g/mol. The van der Waals surface area contributed by atoms with Crippen molar-refractivity contribution in [1.82, 2.24) is 14.7 Å². The van der Waals surface area contributed by atoms with Crippen LogP contribution < -0.4 is 4.74 Å². The molecule has 3 rings (SSSR count). The molecule has 2 fully saturated rings. The Morgan fingerprint density at radius 3 is 2.60 bits per heavy atom. The first-order chi connectivity index (χ1) is 9.63. The third-order valence-electron chi connectivity index (χ3n) is 4.48. The van der Waals surface area contributed by atoms with Gasteiger partial charge in [0.25, 0.3) is 5.91 Å². The van der Waals surface area contributed by atoms with Crippen molar-refractivity contribution in [2.75, 3.05) is 13.4 Å². The van der Waals surface area contributed by atoms with Crippen LogP contribution in [0, 0.1) is 0 Å². The number of ether oxygens (including phenoxy) is 1. The van der Waals surface area contributed by atoms with Gasteiger partial charge in [0.15, 0.2) is 0 Å². The first kappa shape index (κ1) is 13.8. The van der Waals surface area contributed by atoms with Gasteiger partial charge in [-0.15, -0.1) is 5.10 Å². The molecule has 1 amide bonds. The fourth-order valence-corrected chi connectivity index (χ4v) is 4.38. The minimum absolute atomic E-state index is 0.0852. The molecule has 1 aromatic heterocycles. The van der Waals surface area contributed by atoms with Crippen LogP contribution in [0.5, 0.6) is 5.88 Å². The van der Waals surface area contributed by atoms with E-state index in [4.69, 9.17) is 4.74 Å². The molecular weight excluding hydrogens is 274 g/mol. The molecule has 2 aliphatic heterocycles. The highest BCUT2D eigenvalue weighted by Crippen LogP contribution is 2.40. The Labute approximate surface area is 123 Å². The number of aryl methyl sites for hydroxylation is 1. The maximum atomic E-state index is 12.8. The Morgan fingerprint density at radius 2 is 2.05 bits per heavy atom. The molecule has 0 aromatic carbocycles. The van der Waals surface area contributed by atoms with E-state index in [2.05, 4.69) is 16.3 Å². The molecule has 2 aliphatic rings. The predicted molar refractivity (Wildman–Crippen MR) is 79.3 cm³/mol. The topological polar surface area (TPSA) is 47.4 Å². The van der Waals surface area contributed by atoms with Crippen molar-refractivity contribution in [1.29, 1.82) is 0 Å². The maximum absolute atomic E-state index is 12.8. The quantitative estimate of drug-likeness (QED) is 0.855. The van der Waals surface area contributed by atoms with Gasteiger partial charge in [-0.25, -0.2) is 0 Å². The third kappa shape index (κ3) is 2.20. The molecule has 6 heteroatoms. The van der Waals surface area contributed by atoms with Gasteiger partial charge in [-0.2, -0.15) is 11.8 Å². The molecule has 0 spiro atoms. The van der Waals surface area contributed by atoms with Crippen LogP contribution in [0.25, 0.3) is 0 Å². The number of aromatic nitrogens is 2. The Morgan fingerprint density at radius 1 is 1.40 bits per heavy atom. The van der Waals surface area contributed by atoms with Gasteiger partial charge in [0.2, 0.25) is 5.88 Å². The zero-order valence-corrected chi connectivity index (χ0v) is 13.0. The van der Waals surface area contributed by atoms with Gasteiger partial charge < -0.3 is 9.64 Å². The average molecular weight is 295 g/mol. The van der Waals surface area contributed by atoms with E-state index in [1.807, 2.05) is 18.8 Å². The van der Waals surface area contributed by atoms with Crippen molar-refractivity contribution in [2.24, 2.45) is 7.05 Å². The van der Waals surface area contributed by atoms with E-state index in [9.17, 15) is 4.79 Å². The molecule has 1 aromatic rings. The van der Waals surface area contributed by atoms with Crippen LogP contribution in [0.1, 0.15) is 36.0 Å². The van der Waals surface area contributed by atoms with Crippen LogP contribution in [-0.4, -0.2) is 51.3 Å². The van der Waals surface area contributed by atoms with Crippen LogP contribution in [-0.2, 0) is 7.05 Å². The fraction of sp³-hybridized carbons (Fsp3) is 0.714. The lowest BCUT2D eigenvalue weighted by molar-refractivity contribution is 0.0598. The lowest BCUT2D eigenvalue weighted by atomic mass is 10.0. The molecule has 0 saturated carbocycles. The molecule has 5 nitrogen and oxygen atoms in total. The van der Waals surface area contributed by atoms with E-state index >= 15 is 0 Å². The summed E-state index contributed by atoms with van der Waals surface area (Å²) in [7, 11) is 3.38. The van der Waals surface area contributed by atoms with Gasteiger partial charge in [-0.05, 0) is 31.9 Å². The van der Waals surface area contributed by atoms with Crippen molar-refractivity contribution in [3.05, 3.63) is 11.8 Å². The molecule has 0 aliphatic carbocycles. The van der Waals surface area contributed by atoms with E-state index in [0.29, 0.717) is 28.8 Å². The highest BCUT2D eigenvalue weighted by atomic mass is 32.2. The Kier molecular flexibility index (Phi) is 3.67. The van der Waals surface area contributed by atoms with Crippen molar-refractivity contribution < 1.29 is 9.53 Å². The highest BCUT2D eigenvalue weighted by molar-refractivity contribution is 7.99. The normalized spacial score (nSPS) is 28.8. The molecule has 2 bridgehead atoms. The second kappa shape index (κ2) is 5.31. The number of fused-ring (bicyclic) bond motifs is 2. The van der Waals surface area contributed by atoms with Crippen LogP contribution in [0.3, 0.4) is 0 Å². The molecule has 2 unspecified atom stereocenters. The standard InChI is InChI=1S/C14H21N3O2S/c1-16-8-12(13(15-16)19-2)14(18)17-9-4-5-10(17)7-11(6-9)20-3/h8-11H,4-7H2,1-3H3. The second-order valence-electron chi connectivity index (χ2n) is 5.65. The van der Waals surface area contributed by atoms with Gasteiger partial charge in [0.05, 0.1) is 7.11 Å². The van der Waals surface area contributed by atoms with E-state index < -0.39 is 0 Å². The predicted octanol–water partition coefficient (Wildman–Crippen LogP) is 1.93. The number of thioether (sulfide) groups is 1. The van der Waals surface area contributed by atoms with E-state index in [1.165, 1.54) is 0 Å². The number of hydrogen-bond donors (Lipinski definition) is 0. The minimum Gasteiger partial charge on any atom is -0.479 e. The van der Waals surface area contributed by atoms with Gasteiger partial charge >= 0.3 is 0 Å². The lowest BCUT2D eigenvalue weighted by Gasteiger charge is -2.38.